The summed E-state index contributed by atoms with van der Waals surface area (Å²) in [4.78, 5) is 35.9. The van der Waals surface area contributed by atoms with Gasteiger partial charge in [0.2, 0.25) is 0 Å². The maximum atomic E-state index is 12.2. The van der Waals surface area contributed by atoms with Crippen molar-refractivity contribution in [3.8, 4) is 5.75 Å². The number of hydrogen-bond acceptors (Lipinski definition) is 5. The Bertz CT molecular complexity index is 904. The van der Waals surface area contributed by atoms with E-state index < -0.39 is 12.9 Å². The predicted molar refractivity (Wildman–Crippen MR) is 102 cm³/mol. The van der Waals surface area contributed by atoms with E-state index in [1.165, 1.54) is 19.1 Å². The van der Waals surface area contributed by atoms with Crippen LogP contribution < -0.4 is 4.65 Å². The van der Waals surface area contributed by atoms with Crippen molar-refractivity contribution in [2.75, 3.05) is 0 Å². The van der Waals surface area contributed by atoms with Crippen molar-refractivity contribution in [1.82, 2.24) is 0 Å². The Balaban J connectivity index is 1.67. The SMILES string of the molecule is CC(=O)c1cccc2c1OB(O)[C@@H](CC(=O)/C=C/C(=O)c1ccccc1)C2. The van der Waals surface area contributed by atoms with Gasteiger partial charge in [-0.05, 0) is 37.1 Å². The van der Waals surface area contributed by atoms with Crippen molar-refractivity contribution >= 4 is 24.5 Å². The van der Waals surface area contributed by atoms with E-state index in [9.17, 15) is 19.4 Å². The summed E-state index contributed by atoms with van der Waals surface area (Å²) in [6.45, 7) is 1.44. The molecule has 0 saturated carbocycles. The van der Waals surface area contributed by atoms with Crippen LogP contribution in [0.4, 0.5) is 0 Å². The van der Waals surface area contributed by atoms with Gasteiger partial charge in [-0.25, -0.2) is 0 Å². The molecule has 5 nitrogen and oxygen atoms in total. The standard InChI is InChI=1S/C21H19BO5/c1-14(23)19-9-5-8-16-12-17(22(26)27-21(16)19)13-18(24)10-11-20(25)15-6-3-2-4-7-15/h2-11,17,26H,12-13H2,1H3/b11-10+/t17-/m1/s1. The minimum Gasteiger partial charge on any atom is -0.535 e. The Morgan fingerprint density at radius 3 is 2.56 bits per heavy atom. The Kier molecular flexibility index (Phi) is 5.67. The predicted octanol–water partition coefficient (Wildman–Crippen LogP) is 3.07. The van der Waals surface area contributed by atoms with Gasteiger partial charge in [0.25, 0.3) is 0 Å². The summed E-state index contributed by atoms with van der Waals surface area (Å²) in [6.07, 6.45) is 2.95. The van der Waals surface area contributed by atoms with Crippen LogP contribution in [0.3, 0.4) is 0 Å². The first kappa shape index (κ1) is 18.8. The third-order valence-electron chi connectivity index (χ3n) is 4.54. The lowest BCUT2D eigenvalue weighted by atomic mass is 9.64. The molecule has 3 rings (SSSR count). The van der Waals surface area contributed by atoms with E-state index in [2.05, 4.69) is 0 Å². The first-order valence-electron chi connectivity index (χ1n) is 8.73. The fourth-order valence-corrected chi connectivity index (χ4v) is 3.13. The van der Waals surface area contributed by atoms with Gasteiger partial charge in [0.1, 0.15) is 5.75 Å². The number of Topliss-reactive ketones (excluding diaryl/α,β-unsaturated/α-hetero) is 1. The molecule has 1 atom stereocenters. The molecule has 0 fully saturated rings. The molecule has 0 aliphatic carbocycles. The number of hydrogen-bond donors (Lipinski definition) is 1. The molecule has 0 saturated heterocycles. The maximum absolute atomic E-state index is 12.2. The number of ketones is 3. The highest BCUT2D eigenvalue weighted by molar-refractivity contribution is 6.47. The van der Waals surface area contributed by atoms with Crippen LogP contribution in [0.15, 0.2) is 60.7 Å². The number of fused-ring (bicyclic) bond motifs is 1. The smallest absolute Gasteiger partial charge is 0.526 e. The average molecular weight is 362 g/mol. The molecule has 136 valence electrons. The summed E-state index contributed by atoms with van der Waals surface area (Å²) in [5.74, 6) is -0.713. The molecule has 0 unspecified atom stereocenters. The third kappa shape index (κ3) is 4.41. The number of carbonyl (C=O) groups is 3. The van der Waals surface area contributed by atoms with Crippen LogP contribution in [-0.4, -0.2) is 29.5 Å². The molecule has 0 bridgehead atoms. The summed E-state index contributed by atoms with van der Waals surface area (Å²) in [6, 6.07) is 13.9. The zero-order valence-corrected chi connectivity index (χ0v) is 14.9. The van der Waals surface area contributed by atoms with E-state index in [0.717, 1.165) is 5.56 Å². The highest BCUT2D eigenvalue weighted by atomic mass is 16.5. The quantitative estimate of drug-likeness (QED) is 0.485. The number of carbonyl (C=O) groups excluding carboxylic acids is 3. The minimum atomic E-state index is -1.18. The largest absolute Gasteiger partial charge is 0.535 e. The lowest BCUT2D eigenvalue weighted by molar-refractivity contribution is -0.114. The second-order valence-electron chi connectivity index (χ2n) is 6.56. The van der Waals surface area contributed by atoms with E-state index in [-0.39, 0.29) is 23.8 Å². The van der Waals surface area contributed by atoms with Crippen molar-refractivity contribution < 1.29 is 24.1 Å². The molecule has 1 aliphatic heterocycles. The first-order valence-corrected chi connectivity index (χ1v) is 8.73. The van der Waals surface area contributed by atoms with Crippen LogP contribution in [0.5, 0.6) is 5.75 Å². The molecule has 1 aliphatic rings. The minimum absolute atomic E-state index is 0.0451. The van der Waals surface area contributed by atoms with Gasteiger partial charge < -0.3 is 9.68 Å². The van der Waals surface area contributed by atoms with Crippen LogP contribution in [0.2, 0.25) is 5.82 Å². The van der Waals surface area contributed by atoms with E-state index in [0.29, 0.717) is 23.3 Å². The monoisotopic (exact) mass is 362 g/mol. The maximum Gasteiger partial charge on any atom is 0.526 e. The molecule has 2 aromatic rings. The normalized spacial score (nSPS) is 15.9. The molecular formula is C21H19BO5. The fraction of sp³-hybridized carbons (Fsp3) is 0.190. The highest BCUT2D eigenvalue weighted by Crippen LogP contribution is 2.36. The second kappa shape index (κ2) is 8.14. The van der Waals surface area contributed by atoms with Gasteiger partial charge in [0.05, 0.1) is 5.56 Å². The molecule has 2 aromatic carbocycles. The number of allylic oxidation sites excluding steroid dienone is 2. The lowest BCUT2D eigenvalue weighted by Crippen LogP contribution is -2.35. The van der Waals surface area contributed by atoms with Crippen molar-refractivity contribution in [3.05, 3.63) is 77.4 Å². The van der Waals surface area contributed by atoms with Gasteiger partial charge >= 0.3 is 7.12 Å². The van der Waals surface area contributed by atoms with Gasteiger partial charge in [0.15, 0.2) is 17.3 Å². The van der Waals surface area contributed by atoms with Crippen LogP contribution >= 0.6 is 0 Å². The molecule has 0 radical (unpaired) electrons. The lowest BCUT2D eigenvalue weighted by Gasteiger charge is -2.28. The Morgan fingerprint density at radius 1 is 1.11 bits per heavy atom. The summed E-state index contributed by atoms with van der Waals surface area (Å²) in [5, 5.41) is 10.2. The number of benzene rings is 2. The molecule has 27 heavy (non-hydrogen) atoms. The molecule has 0 amide bonds. The summed E-state index contributed by atoms with van der Waals surface area (Å²) in [7, 11) is -1.18. The van der Waals surface area contributed by atoms with Gasteiger partial charge in [-0.1, -0.05) is 42.5 Å². The molecule has 6 heteroatoms. The molecule has 0 spiro atoms. The van der Waals surface area contributed by atoms with E-state index in [4.69, 9.17) is 4.65 Å². The number of rotatable bonds is 6. The van der Waals surface area contributed by atoms with E-state index in [1.54, 1.807) is 36.4 Å². The van der Waals surface area contributed by atoms with Crippen molar-refractivity contribution in [1.29, 1.82) is 0 Å². The molecule has 1 N–H and O–H groups in total. The summed E-state index contributed by atoms with van der Waals surface area (Å²) in [5.41, 5.74) is 1.72. The van der Waals surface area contributed by atoms with Crippen LogP contribution in [0.25, 0.3) is 0 Å². The molecule has 0 aromatic heterocycles. The zero-order valence-electron chi connectivity index (χ0n) is 14.9. The zero-order chi connectivity index (χ0) is 19.4. The molecule has 1 heterocycles. The Morgan fingerprint density at radius 2 is 1.85 bits per heavy atom. The van der Waals surface area contributed by atoms with Crippen LogP contribution in [0.1, 0.15) is 39.6 Å². The van der Waals surface area contributed by atoms with Crippen molar-refractivity contribution in [3.63, 3.8) is 0 Å². The summed E-state index contributed by atoms with van der Waals surface area (Å²) >= 11 is 0. The topological polar surface area (TPSA) is 80.7 Å². The van der Waals surface area contributed by atoms with Crippen LogP contribution in [-0.2, 0) is 11.2 Å². The fourth-order valence-electron chi connectivity index (χ4n) is 3.13. The van der Waals surface area contributed by atoms with Gasteiger partial charge in [0, 0.05) is 17.8 Å². The Labute approximate surface area is 157 Å². The Hall–Kier alpha value is -2.99. The third-order valence-corrected chi connectivity index (χ3v) is 4.54. The van der Waals surface area contributed by atoms with E-state index >= 15 is 0 Å². The van der Waals surface area contributed by atoms with Crippen molar-refractivity contribution in [2.24, 2.45) is 0 Å². The van der Waals surface area contributed by atoms with Crippen molar-refractivity contribution in [2.45, 2.75) is 25.6 Å². The molecular weight excluding hydrogens is 343 g/mol. The van der Waals surface area contributed by atoms with Crippen LogP contribution in [0, 0.1) is 0 Å². The number of para-hydroxylation sites is 1. The second-order valence-corrected chi connectivity index (χ2v) is 6.56. The van der Waals surface area contributed by atoms with Gasteiger partial charge in [-0.2, -0.15) is 0 Å². The first-order chi connectivity index (χ1) is 13.0. The highest BCUT2D eigenvalue weighted by Gasteiger charge is 2.37. The van der Waals surface area contributed by atoms with Gasteiger partial charge in [-0.3, -0.25) is 14.4 Å². The average Bonchev–Trinajstić information content (AvgIpc) is 2.66. The van der Waals surface area contributed by atoms with Gasteiger partial charge in [-0.15, -0.1) is 0 Å². The summed E-state index contributed by atoms with van der Waals surface area (Å²) < 4.78 is 5.52. The van der Waals surface area contributed by atoms with E-state index in [1.807, 2.05) is 12.1 Å².